The average Bonchev–Trinajstić information content (AvgIpc) is 3.07. The van der Waals surface area contributed by atoms with Crippen molar-refractivity contribution in [3.05, 3.63) is 52.7 Å². The zero-order chi connectivity index (χ0) is 19.7. The highest BCUT2D eigenvalue weighted by atomic mass is 32.1. The number of morpholine rings is 1. The summed E-state index contributed by atoms with van der Waals surface area (Å²) in [6, 6.07) is 7.00. The van der Waals surface area contributed by atoms with Gasteiger partial charge in [0.25, 0.3) is 11.8 Å². The molecule has 28 heavy (non-hydrogen) atoms. The second-order valence-electron chi connectivity index (χ2n) is 6.46. The molecular formula is C20H19N3O4S. The number of ether oxygens (including phenoxy) is 2. The number of carbonyl (C=O) groups excluding carboxylic acids is 2. The van der Waals surface area contributed by atoms with Gasteiger partial charge in [-0.25, -0.2) is 0 Å². The first-order valence-corrected chi connectivity index (χ1v) is 9.68. The molecule has 144 valence electrons. The largest absolute Gasteiger partial charge is 0.455 e. The first kappa shape index (κ1) is 18.4. The second-order valence-corrected chi connectivity index (χ2v) is 7.51. The SMILES string of the molecule is Cc1c(C(N)=O)sc2cncc(Oc3ccc(C(=O)N4CCOCC4)cc3)c12. The first-order chi connectivity index (χ1) is 13.5. The number of carbonyl (C=O) groups is 2. The lowest BCUT2D eigenvalue weighted by Crippen LogP contribution is -2.40. The molecule has 2 amide bonds. The van der Waals surface area contributed by atoms with Gasteiger partial charge >= 0.3 is 0 Å². The Morgan fingerprint density at radius 3 is 2.57 bits per heavy atom. The quantitative estimate of drug-likeness (QED) is 0.730. The summed E-state index contributed by atoms with van der Waals surface area (Å²) in [7, 11) is 0. The molecule has 2 N–H and O–H groups in total. The number of benzene rings is 1. The number of nitrogens with zero attached hydrogens (tertiary/aromatic N) is 2. The van der Waals surface area contributed by atoms with Crippen LogP contribution >= 0.6 is 11.3 Å². The molecule has 0 spiro atoms. The number of pyridine rings is 1. The van der Waals surface area contributed by atoms with Gasteiger partial charge in [-0.1, -0.05) is 0 Å². The van der Waals surface area contributed by atoms with Crippen molar-refractivity contribution < 1.29 is 19.1 Å². The average molecular weight is 397 g/mol. The lowest BCUT2D eigenvalue weighted by molar-refractivity contribution is 0.0303. The maximum Gasteiger partial charge on any atom is 0.259 e. The Balaban J connectivity index is 1.58. The van der Waals surface area contributed by atoms with E-state index in [0.717, 1.165) is 15.6 Å². The molecule has 1 aliphatic rings. The molecule has 2 aromatic heterocycles. The Hall–Kier alpha value is -2.97. The number of amides is 2. The fourth-order valence-electron chi connectivity index (χ4n) is 3.22. The van der Waals surface area contributed by atoms with Gasteiger partial charge in [-0.3, -0.25) is 14.6 Å². The van der Waals surface area contributed by atoms with Crippen molar-refractivity contribution in [1.82, 2.24) is 9.88 Å². The summed E-state index contributed by atoms with van der Waals surface area (Å²) < 4.78 is 12.1. The summed E-state index contributed by atoms with van der Waals surface area (Å²) in [6.45, 7) is 4.18. The van der Waals surface area contributed by atoms with Crippen LogP contribution in [0.3, 0.4) is 0 Å². The second kappa shape index (κ2) is 7.57. The summed E-state index contributed by atoms with van der Waals surface area (Å²) in [6.07, 6.45) is 3.30. The number of fused-ring (bicyclic) bond motifs is 1. The molecule has 7 nitrogen and oxygen atoms in total. The third-order valence-corrected chi connectivity index (χ3v) is 5.90. The van der Waals surface area contributed by atoms with Crippen molar-refractivity contribution in [1.29, 1.82) is 0 Å². The summed E-state index contributed by atoms with van der Waals surface area (Å²) in [5.41, 5.74) is 6.84. The Labute approximate surface area is 165 Å². The predicted molar refractivity (Wildman–Crippen MR) is 106 cm³/mol. The summed E-state index contributed by atoms with van der Waals surface area (Å²) in [4.78, 5) is 30.6. The van der Waals surface area contributed by atoms with E-state index in [-0.39, 0.29) is 5.91 Å². The van der Waals surface area contributed by atoms with Gasteiger partial charge in [-0.15, -0.1) is 11.3 Å². The van der Waals surface area contributed by atoms with Crippen molar-refractivity contribution >= 4 is 33.2 Å². The van der Waals surface area contributed by atoms with Gasteiger partial charge in [0.15, 0.2) is 5.75 Å². The van der Waals surface area contributed by atoms with Crippen LogP contribution in [-0.2, 0) is 4.74 Å². The molecule has 1 aromatic carbocycles. The number of rotatable bonds is 4. The fourth-order valence-corrected chi connectivity index (χ4v) is 4.27. The molecule has 8 heteroatoms. The van der Waals surface area contributed by atoms with E-state index in [9.17, 15) is 9.59 Å². The van der Waals surface area contributed by atoms with Crippen molar-refractivity contribution in [2.45, 2.75) is 6.92 Å². The highest BCUT2D eigenvalue weighted by Crippen LogP contribution is 2.38. The van der Waals surface area contributed by atoms with E-state index < -0.39 is 5.91 Å². The number of thiophene rings is 1. The number of aromatic nitrogens is 1. The van der Waals surface area contributed by atoms with E-state index in [1.807, 2.05) is 6.92 Å². The Kier molecular flexibility index (Phi) is 4.97. The van der Waals surface area contributed by atoms with Crippen LogP contribution in [0.25, 0.3) is 10.1 Å². The Morgan fingerprint density at radius 2 is 1.89 bits per heavy atom. The van der Waals surface area contributed by atoms with Crippen molar-refractivity contribution in [2.24, 2.45) is 5.73 Å². The van der Waals surface area contributed by atoms with Crippen LogP contribution in [0.5, 0.6) is 11.5 Å². The Morgan fingerprint density at radius 1 is 1.18 bits per heavy atom. The molecule has 3 heterocycles. The molecule has 1 fully saturated rings. The van der Waals surface area contributed by atoms with Crippen LogP contribution in [-0.4, -0.2) is 48.0 Å². The van der Waals surface area contributed by atoms with Crippen LogP contribution in [0.15, 0.2) is 36.7 Å². The molecule has 0 atom stereocenters. The van der Waals surface area contributed by atoms with Crippen LogP contribution in [0.4, 0.5) is 0 Å². The third-order valence-electron chi connectivity index (χ3n) is 4.66. The van der Waals surface area contributed by atoms with Crippen LogP contribution in [0.2, 0.25) is 0 Å². The summed E-state index contributed by atoms with van der Waals surface area (Å²) in [5.74, 6) is 0.652. The molecule has 1 saturated heterocycles. The van der Waals surface area contributed by atoms with Gasteiger partial charge < -0.3 is 20.1 Å². The maximum absolute atomic E-state index is 12.5. The minimum Gasteiger partial charge on any atom is -0.455 e. The maximum atomic E-state index is 12.5. The Bertz CT molecular complexity index is 1040. The lowest BCUT2D eigenvalue weighted by Gasteiger charge is -2.26. The predicted octanol–water partition coefficient (Wildman–Crippen LogP) is 2.97. The lowest BCUT2D eigenvalue weighted by atomic mass is 10.1. The van der Waals surface area contributed by atoms with Gasteiger partial charge in [0.2, 0.25) is 0 Å². The third kappa shape index (κ3) is 3.44. The van der Waals surface area contributed by atoms with Crippen molar-refractivity contribution in [3.8, 4) is 11.5 Å². The molecule has 3 aromatic rings. The van der Waals surface area contributed by atoms with Gasteiger partial charge in [0.05, 0.1) is 29.0 Å². The van der Waals surface area contributed by atoms with Gasteiger partial charge in [0.1, 0.15) is 5.75 Å². The van der Waals surface area contributed by atoms with Gasteiger partial charge in [-0.2, -0.15) is 0 Å². The zero-order valence-electron chi connectivity index (χ0n) is 15.3. The first-order valence-electron chi connectivity index (χ1n) is 8.86. The smallest absolute Gasteiger partial charge is 0.259 e. The van der Waals surface area contributed by atoms with E-state index in [4.69, 9.17) is 15.2 Å². The summed E-state index contributed by atoms with van der Waals surface area (Å²) >= 11 is 1.30. The number of hydrogen-bond acceptors (Lipinski definition) is 6. The van der Waals surface area contributed by atoms with E-state index in [0.29, 0.717) is 48.2 Å². The van der Waals surface area contributed by atoms with Crippen LogP contribution < -0.4 is 10.5 Å². The topological polar surface area (TPSA) is 94.8 Å². The number of nitrogens with two attached hydrogens (primary N) is 1. The zero-order valence-corrected chi connectivity index (χ0v) is 16.1. The number of hydrogen-bond donors (Lipinski definition) is 1. The number of primary amides is 1. The van der Waals surface area contributed by atoms with E-state index in [1.54, 1.807) is 41.6 Å². The minimum absolute atomic E-state index is 0.0154. The minimum atomic E-state index is -0.462. The fraction of sp³-hybridized carbons (Fsp3) is 0.250. The molecule has 4 rings (SSSR count). The van der Waals surface area contributed by atoms with Gasteiger partial charge in [0, 0.05) is 30.2 Å². The molecule has 0 radical (unpaired) electrons. The molecular weight excluding hydrogens is 378 g/mol. The van der Waals surface area contributed by atoms with Crippen LogP contribution in [0.1, 0.15) is 25.6 Å². The molecule has 1 aliphatic heterocycles. The normalized spacial score (nSPS) is 14.2. The monoisotopic (exact) mass is 397 g/mol. The number of aryl methyl sites for hydroxylation is 1. The van der Waals surface area contributed by atoms with Crippen molar-refractivity contribution in [2.75, 3.05) is 26.3 Å². The van der Waals surface area contributed by atoms with Crippen molar-refractivity contribution in [3.63, 3.8) is 0 Å². The summed E-state index contributed by atoms with van der Waals surface area (Å²) in [5, 5.41) is 0.822. The highest BCUT2D eigenvalue weighted by Gasteiger charge is 2.19. The standard InChI is InChI=1S/C20H19N3O4S/c1-12-17-15(10-22-11-16(17)28-18(12)19(21)24)27-14-4-2-13(3-5-14)20(25)23-6-8-26-9-7-23/h2-5,10-11H,6-9H2,1H3,(H2,21,24). The van der Waals surface area contributed by atoms with E-state index >= 15 is 0 Å². The molecule has 0 unspecified atom stereocenters. The molecule has 0 bridgehead atoms. The van der Waals surface area contributed by atoms with E-state index in [1.165, 1.54) is 11.3 Å². The molecule has 0 aliphatic carbocycles. The highest BCUT2D eigenvalue weighted by molar-refractivity contribution is 7.21. The van der Waals surface area contributed by atoms with Crippen LogP contribution in [0, 0.1) is 6.92 Å². The van der Waals surface area contributed by atoms with E-state index in [2.05, 4.69) is 4.98 Å². The van der Waals surface area contributed by atoms with Gasteiger partial charge in [-0.05, 0) is 36.8 Å². The molecule has 0 saturated carbocycles.